The standard InChI is InChI=1S/C18H37N5OS/c1-4-22-11-13-23(14-12-22)10-9-20-18(19-3)21-16-7-6-8-17(15-16)25(24)5-2/h16-17H,4-15H2,1-3H3,(H2,19,20,21). The first-order valence-electron chi connectivity index (χ1n) is 9.95. The molecule has 0 radical (unpaired) electrons. The number of nitrogens with one attached hydrogen (secondary N) is 2. The number of likely N-dealkylation sites (N-methyl/N-ethyl adjacent to an activating group) is 1. The van der Waals surface area contributed by atoms with Crippen molar-refractivity contribution in [1.82, 2.24) is 20.4 Å². The molecule has 1 saturated carbocycles. The first-order chi connectivity index (χ1) is 12.2. The van der Waals surface area contributed by atoms with Gasteiger partial charge in [0.2, 0.25) is 0 Å². The van der Waals surface area contributed by atoms with Gasteiger partial charge in [-0.2, -0.15) is 0 Å². The lowest BCUT2D eigenvalue weighted by Crippen LogP contribution is -2.50. The van der Waals surface area contributed by atoms with Crippen molar-refractivity contribution in [3.63, 3.8) is 0 Å². The topological polar surface area (TPSA) is 60.0 Å². The zero-order chi connectivity index (χ0) is 18.1. The van der Waals surface area contributed by atoms with Crippen molar-refractivity contribution in [3.8, 4) is 0 Å². The maximum atomic E-state index is 12.1. The van der Waals surface area contributed by atoms with Gasteiger partial charge in [0.15, 0.2) is 5.96 Å². The van der Waals surface area contributed by atoms with Crippen LogP contribution in [0.1, 0.15) is 39.5 Å². The minimum absolute atomic E-state index is 0.351. The van der Waals surface area contributed by atoms with E-state index < -0.39 is 10.8 Å². The lowest BCUT2D eigenvalue weighted by molar-refractivity contribution is 0.139. The highest BCUT2D eigenvalue weighted by Gasteiger charge is 2.26. The van der Waals surface area contributed by atoms with Crippen LogP contribution in [0.4, 0.5) is 0 Å². The van der Waals surface area contributed by atoms with Crippen molar-refractivity contribution >= 4 is 16.8 Å². The zero-order valence-electron chi connectivity index (χ0n) is 16.3. The monoisotopic (exact) mass is 371 g/mol. The molecular formula is C18H37N5OS. The Morgan fingerprint density at radius 3 is 2.52 bits per heavy atom. The molecule has 1 aliphatic heterocycles. The Kier molecular flexibility index (Phi) is 9.20. The Balaban J connectivity index is 1.67. The molecule has 3 unspecified atom stereocenters. The van der Waals surface area contributed by atoms with Gasteiger partial charge in [0.25, 0.3) is 0 Å². The highest BCUT2D eigenvalue weighted by atomic mass is 32.2. The van der Waals surface area contributed by atoms with Crippen LogP contribution in [0.5, 0.6) is 0 Å². The number of hydrogen-bond acceptors (Lipinski definition) is 4. The van der Waals surface area contributed by atoms with Crippen LogP contribution in [0.3, 0.4) is 0 Å². The number of aliphatic imine (C=N–C) groups is 1. The number of hydrogen-bond donors (Lipinski definition) is 2. The molecule has 146 valence electrons. The first-order valence-corrected chi connectivity index (χ1v) is 11.3. The summed E-state index contributed by atoms with van der Waals surface area (Å²) in [5.74, 6) is 1.66. The van der Waals surface area contributed by atoms with Gasteiger partial charge < -0.3 is 15.5 Å². The van der Waals surface area contributed by atoms with Crippen molar-refractivity contribution in [3.05, 3.63) is 0 Å². The van der Waals surface area contributed by atoms with E-state index in [4.69, 9.17) is 0 Å². The molecule has 0 amide bonds. The molecule has 6 nitrogen and oxygen atoms in total. The highest BCUT2D eigenvalue weighted by Crippen LogP contribution is 2.22. The molecule has 2 N–H and O–H groups in total. The SMILES string of the molecule is CCN1CCN(CCNC(=NC)NC2CCCC(S(=O)CC)C2)CC1. The summed E-state index contributed by atoms with van der Waals surface area (Å²) in [7, 11) is 1.16. The van der Waals surface area contributed by atoms with Gasteiger partial charge in [0.05, 0.1) is 0 Å². The third-order valence-corrected chi connectivity index (χ3v) is 7.22. The van der Waals surface area contributed by atoms with Gasteiger partial charge in [-0.25, -0.2) is 0 Å². The van der Waals surface area contributed by atoms with E-state index in [0.717, 1.165) is 70.1 Å². The van der Waals surface area contributed by atoms with Crippen LogP contribution in [0, 0.1) is 0 Å². The fourth-order valence-electron chi connectivity index (χ4n) is 3.80. The molecule has 0 aromatic carbocycles. The van der Waals surface area contributed by atoms with Crippen molar-refractivity contribution < 1.29 is 4.21 Å². The second kappa shape index (κ2) is 11.1. The van der Waals surface area contributed by atoms with E-state index >= 15 is 0 Å². The van der Waals surface area contributed by atoms with Gasteiger partial charge in [0.1, 0.15) is 0 Å². The maximum Gasteiger partial charge on any atom is 0.191 e. The Hall–Kier alpha value is -0.660. The second-order valence-electron chi connectivity index (χ2n) is 7.07. The molecule has 25 heavy (non-hydrogen) atoms. The molecule has 1 aliphatic carbocycles. The third-order valence-electron chi connectivity index (χ3n) is 5.48. The van der Waals surface area contributed by atoms with E-state index in [0.29, 0.717) is 11.3 Å². The second-order valence-corrected chi connectivity index (χ2v) is 9.08. The average molecular weight is 372 g/mol. The van der Waals surface area contributed by atoms with Gasteiger partial charge in [-0.3, -0.25) is 14.1 Å². The molecule has 0 bridgehead atoms. The fourth-order valence-corrected chi connectivity index (χ4v) is 5.15. The van der Waals surface area contributed by atoms with Gasteiger partial charge in [-0.05, 0) is 25.8 Å². The quantitative estimate of drug-likeness (QED) is 0.514. The predicted octanol–water partition coefficient (Wildman–Crippen LogP) is 0.869. The van der Waals surface area contributed by atoms with E-state index in [2.05, 4.69) is 32.3 Å². The predicted molar refractivity (Wildman–Crippen MR) is 108 cm³/mol. The van der Waals surface area contributed by atoms with E-state index in [1.165, 1.54) is 13.1 Å². The highest BCUT2D eigenvalue weighted by molar-refractivity contribution is 7.85. The summed E-state index contributed by atoms with van der Waals surface area (Å²) in [6, 6.07) is 0.397. The van der Waals surface area contributed by atoms with Crippen molar-refractivity contribution in [2.24, 2.45) is 4.99 Å². The Labute approximate surface area is 156 Å². The summed E-state index contributed by atoms with van der Waals surface area (Å²) in [6.45, 7) is 12.1. The zero-order valence-corrected chi connectivity index (χ0v) is 17.1. The molecule has 3 atom stereocenters. The first kappa shape index (κ1) is 20.6. The molecule has 0 aromatic heterocycles. The lowest BCUT2D eigenvalue weighted by Gasteiger charge is -2.34. The third kappa shape index (κ3) is 6.87. The van der Waals surface area contributed by atoms with Gasteiger partial charge >= 0.3 is 0 Å². The minimum Gasteiger partial charge on any atom is -0.355 e. The van der Waals surface area contributed by atoms with Crippen LogP contribution in [0.25, 0.3) is 0 Å². The van der Waals surface area contributed by atoms with Crippen molar-refractivity contribution in [2.45, 2.75) is 50.8 Å². The summed E-state index contributed by atoms with van der Waals surface area (Å²) in [6.07, 6.45) is 4.42. The largest absolute Gasteiger partial charge is 0.355 e. The molecule has 2 fully saturated rings. The summed E-state index contributed by atoms with van der Waals surface area (Å²) in [5.41, 5.74) is 0. The number of nitrogens with zero attached hydrogens (tertiary/aromatic N) is 3. The molecule has 1 saturated heterocycles. The van der Waals surface area contributed by atoms with Crippen LogP contribution in [0.2, 0.25) is 0 Å². The van der Waals surface area contributed by atoms with Crippen LogP contribution in [-0.4, -0.2) is 89.9 Å². The molecule has 2 rings (SSSR count). The fraction of sp³-hybridized carbons (Fsp3) is 0.944. The molecular weight excluding hydrogens is 334 g/mol. The maximum absolute atomic E-state index is 12.1. The van der Waals surface area contributed by atoms with Crippen LogP contribution < -0.4 is 10.6 Å². The van der Waals surface area contributed by atoms with Crippen molar-refractivity contribution in [1.29, 1.82) is 0 Å². The van der Waals surface area contributed by atoms with Crippen LogP contribution in [0.15, 0.2) is 4.99 Å². The van der Waals surface area contributed by atoms with Gasteiger partial charge in [-0.15, -0.1) is 0 Å². The van der Waals surface area contributed by atoms with E-state index in [-0.39, 0.29) is 0 Å². The normalized spacial score (nSPS) is 27.9. The summed E-state index contributed by atoms with van der Waals surface area (Å²) >= 11 is 0. The lowest BCUT2D eigenvalue weighted by atomic mass is 9.95. The Morgan fingerprint density at radius 2 is 1.88 bits per heavy atom. The number of guanidine groups is 1. The molecule has 2 aliphatic rings. The molecule has 1 heterocycles. The molecule has 0 spiro atoms. The van der Waals surface area contributed by atoms with E-state index in [1.54, 1.807) is 0 Å². The van der Waals surface area contributed by atoms with Crippen molar-refractivity contribution in [2.75, 3.05) is 58.6 Å². The Morgan fingerprint density at radius 1 is 1.16 bits per heavy atom. The Bertz CT molecular complexity index is 437. The van der Waals surface area contributed by atoms with E-state index in [9.17, 15) is 4.21 Å². The number of piperazine rings is 1. The smallest absolute Gasteiger partial charge is 0.191 e. The van der Waals surface area contributed by atoms with Crippen LogP contribution in [-0.2, 0) is 10.8 Å². The van der Waals surface area contributed by atoms with Gasteiger partial charge in [0, 0.05) is 74.2 Å². The van der Waals surface area contributed by atoms with Crippen LogP contribution >= 0.6 is 0 Å². The van der Waals surface area contributed by atoms with Gasteiger partial charge in [-0.1, -0.05) is 20.3 Å². The number of rotatable bonds is 7. The average Bonchev–Trinajstić information content (AvgIpc) is 2.67. The summed E-state index contributed by atoms with van der Waals surface area (Å²) < 4.78 is 12.1. The molecule has 7 heteroatoms. The minimum atomic E-state index is -0.674. The molecule has 0 aromatic rings. The van der Waals surface area contributed by atoms with E-state index in [1.807, 2.05) is 14.0 Å². The summed E-state index contributed by atoms with van der Waals surface area (Å²) in [5, 5.41) is 7.35. The summed E-state index contributed by atoms with van der Waals surface area (Å²) in [4.78, 5) is 9.40.